The molecule has 0 aliphatic rings. The number of ether oxygens (including phenoxy) is 1. The van der Waals surface area contributed by atoms with Crippen LogP contribution in [0.4, 0.5) is 5.82 Å². The summed E-state index contributed by atoms with van der Waals surface area (Å²) in [5.74, 6) is 0.0500. The van der Waals surface area contributed by atoms with Crippen molar-refractivity contribution in [2.75, 3.05) is 12.8 Å². The molecule has 0 spiro atoms. The van der Waals surface area contributed by atoms with Gasteiger partial charge in [0.1, 0.15) is 23.2 Å². The molecule has 3 aromatic heterocycles. The van der Waals surface area contributed by atoms with E-state index in [1.165, 1.54) is 7.11 Å². The van der Waals surface area contributed by atoms with Crippen molar-refractivity contribution in [3.63, 3.8) is 0 Å². The predicted molar refractivity (Wildman–Crippen MR) is 98.6 cm³/mol. The lowest BCUT2D eigenvalue weighted by atomic mass is 10.0. The Morgan fingerprint density at radius 1 is 1.48 bits per heavy atom. The number of hydrogen-bond acceptors (Lipinski definition) is 7. The van der Waals surface area contributed by atoms with Crippen molar-refractivity contribution in [1.29, 1.82) is 5.26 Å². The highest BCUT2D eigenvalue weighted by Gasteiger charge is 2.20. The molecule has 0 unspecified atom stereocenters. The van der Waals surface area contributed by atoms with Crippen LogP contribution in [-0.4, -0.2) is 27.8 Å². The lowest BCUT2D eigenvalue weighted by molar-refractivity contribution is 0.0563. The van der Waals surface area contributed by atoms with Gasteiger partial charge in [-0.2, -0.15) is 10.4 Å². The van der Waals surface area contributed by atoms with Gasteiger partial charge in [0.2, 0.25) is 5.76 Å². The SMILES string of the molecule is C=CCn1cc(-c2cc(-c3cc(C(=O)OC)oc3C)nc(N)c2C#N)cn1. The largest absolute Gasteiger partial charge is 0.463 e. The van der Waals surface area contributed by atoms with E-state index in [1.807, 2.05) is 0 Å². The van der Waals surface area contributed by atoms with Crippen molar-refractivity contribution in [2.24, 2.45) is 0 Å². The molecular formula is C19H17N5O3. The molecule has 0 saturated carbocycles. The van der Waals surface area contributed by atoms with E-state index in [4.69, 9.17) is 10.2 Å². The summed E-state index contributed by atoms with van der Waals surface area (Å²) in [5, 5.41) is 13.7. The highest BCUT2D eigenvalue weighted by Crippen LogP contribution is 2.33. The number of esters is 1. The standard InChI is InChI=1S/C19H17N5O3/c1-4-5-24-10-12(9-22-24)14-6-16(23-18(21)15(14)8-20)13-7-17(19(25)26-3)27-11(13)2/h4,6-7,9-10H,1,5H2,2-3H3,(H2,21,23). The Labute approximate surface area is 155 Å². The van der Waals surface area contributed by atoms with E-state index in [0.717, 1.165) is 5.56 Å². The summed E-state index contributed by atoms with van der Waals surface area (Å²) in [4.78, 5) is 16.0. The zero-order valence-corrected chi connectivity index (χ0v) is 14.9. The summed E-state index contributed by atoms with van der Waals surface area (Å²) < 4.78 is 11.8. The molecule has 0 saturated heterocycles. The maximum absolute atomic E-state index is 11.7. The van der Waals surface area contributed by atoms with Crippen LogP contribution < -0.4 is 5.73 Å². The molecule has 0 aliphatic carbocycles. The molecule has 3 rings (SSSR count). The van der Waals surface area contributed by atoms with Gasteiger partial charge in [0, 0.05) is 29.0 Å². The fraction of sp³-hybridized carbons (Fsp3) is 0.158. The zero-order valence-electron chi connectivity index (χ0n) is 14.9. The number of nitriles is 1. The highest BCUT2D eigenvalue weighted by molar-refractivity contribution is 5.89. The van der Waals surface area contributed by atoms with Crippen LogP contribution in [0.25, 0.3) is 22.4 Å². The molecule has 8 heteroatoms. The van der Waals surface area contributed by atoms with Crippen LogP contribution in [0.5, 0.6) is 0 Å². The highest BCUT2D eigenvalue weighted by atomic mass is 16.5. The van der Waals surface area contributed by atoms with Crippen LogP contribution in [-0.2, 0) is 11.3 Å². The normalized spacial score (nSPS) is 10.4. The first-order chi connectivity index (χ1) is 13.0. The Morgan fingerprint density at radius 2 is 2.26 bits per heavy atom. The number of pyridine rings is 1. The first kappa shape index (κ1) is 17.9. The zero-order chi connectivity index (χ0) is 19.6. The van der Waals surface area contributed by atoms with E-state index in [2.05, 4.69) is 27.5 Å². The van der Waals surface area contributed by atoms with Crippen LogP contribution in [0.1, 0.15) is 21.9 Å². The molecule has 3 heterocycles. The number of nitrogen functional groups attached to an aromatic ring is 1. The van der Waals surface area contributed by atoms with Crippen LogP contribution in [0, 0.1) is 18.3 Å². The average molecular weight is 363 g/mol. The Balaban J connectivity index is 2.15. The molecular weight excluding hydrogens is 346 g/mol. The van der Waals surface area contributed by atoms with Crippen LogP contribution >= 0.6 is 0 Å². The summed E-state index contributed by atoms with van der Waals surface area (Å²) in [6, 6.07) is 5.35. The molecule has 0 radical (unpaired) electrons. The fourth-order valence-corrected chi connectivity index (χ4v) is 2.72. The third-order valence-corrected chi connectivity index (χ3v) is 4.00. The third kappa shape index (κ3) is 3.30. The second-order valence-electron chi connectivity index (χ2n) is 5.74. The Bertz CT molecular complexity index is 1070. The number of furan rings is 1. The van der Waals surface area contributed by atoms with Crippen molar-refractivity contribution in [1.82, 2.24) is 14.8 Å². The number of hydrogen-bond donors (Lipinski definition) is 1. The average Bonchev–Trinajstić information content (AvgIpc) is 3.27. The third-order valence-electron chi connectivity index (χ3n) is 4.00. The van der Waals surface area contributed by atoms with E-state index in [0.29, 0.717) is 29.1 Å². The molecule has 0 atom stereocenters. The maximum atomic E-state index is 11.7. The number of methoxy groups -OCH3 is 1. The van der Waals surface area contributed by atoms with Gasteiger partial charge in [-0.05, 0) is 13.0 Å². The number of aromatic nitrogens is 3. The molecule has 0 aromatic carbocycles. The van der Waals surface area contributed by atoms with Gasteiger partial charge in [-0.25, -0.2) is 9.78 Å². The number of nitrogens with two attached hydrogens (primary N) is 1. The summed E-state index contributed by atoms with van der Waals surface area (Å²) in [6.45, 7) is 5.93. The molecule has 27 heavy (non-hydrogen) atoms. The lowest BCUT2D eigenvalue weighted by Crippen LogP contribution is -2.00. The number of carbonyl (C=O) groups is 1. The van der Waals surface area contributed by atoms with Gasteiger partial charge >= 0.3 is 5.97 Å². The van der Waals surface area contributed by atoms with E-state index >= 15 is 0 Å². The first-order valence-corrected chi connectivity index (χ1v) is 8.02. The van der Waals surface area contributed by atoms with Crippen molar-refractivity contribution >= 4 is 11.8 Å². The van der Waals surface area contributed by atoms with Crippen molar-refractivity contribution in [3.8, 4) is 28.5 Å². The molecule has 3 aromatic rings. The van der Waals surface area contributed by atoms with E-state index in [1.54, 1.807) is 42.2 Å². The number of rotatable bonds is 5. The molecule has 0 fully saturated rings. The summed E-state index contributed by atoms with van der Waals surface area (Å²) in [5.41, 5.74) is 8.66. The van der Waals surface area contributed by atoms with Crippen LogP contribution in [0.15, 0.2) is 41.6 Å². The number of carbonyl (C=O) groups excluding carboxylic acids is 1. The monoisotopic (exact) mass is 363 g/mol. The van der Waals surface area contributed by atoms with Gasteiger partial charge in [0.05, 0.1) is 25.5 Å². The second kappa shape index (κ2) is 7.17. The van der Waals surface area contributed by atoms with Crippen molar-refractivity contribution in [2.45, 2.75) is 13.5 Å². The van der Waals surface area contributed by atoms with E-state index < -0.39 is 5.97 Å². The van der Waals surface area contributed by atoms with Gasteiger partial charge in [-0.15, -0.1) is 6.58 Å². The minimum absolute atomic E-state index is 0.0649. The van der Waals surface area contributed by atoms with Gasteiger partial charge in [0.25, 0.3) is 0 Å². The number of allylic oxidation sites excluding steroid dienone is 1. The maximum Gasteiger partial charge on any atom is 0.373 e. The number of nitrogens with zero attached hydrogens (tertiary/aromatic N) is 4. The molecule has 0 bridgehead atoms. The minimum atomic E-state index is -0.586. The molecule has 136 valence electrons. The van der Waals surface area contributed by atoms with Crippen molar-refractivity contribution < 1.29 is 13.9 Å². The molecule has 8 nitrogen and oxygen atoms in total. The number of anilines is 1. The quantitative estimate of drug-likeness (QED) is 0.546. The Kier molecular flexibility index (Phi) is 4.77. The first-order valence-electron chi connectivity index (χ1n) is 8.02. The van der Waals surface area contributed by atoms with Gasteiger partial charge in [-0.1, -0.05) is 6.08 Å². The number of aryl methyl sites for hydroxylation is 1. The summed E-state index contributed by atoms with van der Waals surface area (Å²) in [6.07, 6.45) is 5.16. The fourth-order valence-electron chi connectivity index (χ4n) is 2.72. The van der Waals surface area contributed by atoms with E-state index in [-0.39, 0.29) is 17.1 Å². The van der Waals surface area contributed by atoms with Gasteiger partial charge < -0.3 is 14.9 Å². The van der Waals surface area contributed by atoms with Crippen LogP contribution in [0.2, 0.25) is 0 Å². The van der Waals surface area contributed by atoms with Crippen LogP contribution in [0.3, 0.4) is 0 Å². The lowest BCUT2D eigenvalue weighted by Gasteiger charge is -2.08. The molecule has 0 aliphatic heterocycles. The second-order valence-corrected chi connectivity index (χ2v) is 5.74. The van der Waals surface area contributed by atoms with E-state index in [9.17, 15) is 10.1 Å². The van der Waals surface area contributed by atoms with Gasteiger partial charge in [0.15, 0.2) is 0 Å². The Morgan fingerprint density at radius 3 is 2.93 bits per heavy atom. The molecule has 2 N–H and O–H groups in total. The topological polar surface area (TPSA) is 120 Å². The Hall–Kier alpha value is -3.86. The molecule has 0 amide bonds. The summed E-state index contributed by atoms with van der Waals surface area (Å²) in [7, 11) is 1.27. The van der Waals surface area contributed by atoms with Crippen molar-refractivity contribution in [3.05, 3.63) is 54.3 Å². The minimum Gasteiger partial charge on any atom is -0.463 e. The summed E-state index contributed by atoms with van der Waals surface area (Å²) >= 11 is 0. The van der Waals surface area contributed by atoms with Gasteiger partial charge in [-0.3, -0.25) is 4.68 Å². The smallest absolute Gasteiger partial charge is 0.373 e. The predicted octanol–water partition coefficient (Wildman–Crippen LogP) is 2.94.